The molecule has 6 aromatic heterocycles. The Morgan fingerprint density at radius 1 is 0.194 bits per heavy atom. The predicted octanol–water partition coefficient (Wildman–Crippen LogP) is 32.6. The van der Waals surface area contributed by atoms with Crippen LogP contribution in [0.1, 0.15) is 74.9 Å². The lowest BCUT2D eigenvalue weighted by atomic mass is 9.80. The van der Waals surface area contributed by atoms with E-state index in [1.165, 1.54) is 115 Å². The smallest absolute Gasteiger partial charge is 0.235 e. The van der Waals surface area contributed by atoms with Gasteiger partial charge in [0.2, 0.25) is 17.8 Å². The molecule has 0 amide bonds. The molecule has 31 rings (SSSR count). The third kappa shape index (κ3) is 11.0. The fourth-order valence-electron chi connectivity index (χ4n) is 24.6. The zero-order chi connectivity index (χ0) is 92.2. The van der Waals surface area contributed by atoms with Crippen molar-refractivity contribution in [2.24, 2.45) is 0 Å². The highest BCUT2D eigenvalue weighted by atomic mass is 15.2. The summed E-state index contributed by atoms with van der Waals surface area (Å²) in [6.45, 7) is 14.1. The Bertz CT molecular complexity index is 9650. The van der Waals surface area contributed by atoms with Gasteiger partial charge < -0.3 is 14.7 Å². The number of fused-ring (bicyclic) bond motifs is 28. The normalized spacial score (nSPS) is 14.1. The largest absolute Gasteiger partial charge is 0.309 e. The Kier molecular flexibility index (Phi) is 16.5. The van der Waals surface area contributed by atoms with Crippen molar-refractivity contribution in [2.45, 2.75) is 57.8 Å². The van der Waals surface area contributed by atoms with E-state index in [1.807, 2.05) is 0 Å². The second kappa shape index (κ2) is 29.1. The molecule has 0 spiro atoms. The van der Waals surface area contributed by atoms with Gasteiger partial charge in [-0.05, 0) is 211 Å². The van der Waals surface area contributed by atoms with Crippen LogP contribution in [-0.2, 0) is 16.2 Å². The number of rotatable bonds is 6. The number of aromatic nitrogens is 9. The summed E-state index contributed by atoms with van der Waals surface area (Å²) in [5.74, 6) is 2.07. The van der Waals surface area contributed by atoms with Crippen molar-refractivity contribution in [3.8, 4) is 85.0 Å². The molecule has 12 heteroatoms. The van der Waals surface area contributed by atoms with E-state index in [4.69, 9.17) is 29.9 Å². The summed E-state index contributed by atoms with van der Waals surface area (Å²) < 4.78 is 6.91. The van der Waals surface area contributed by atoms with Crippen LogP contribution < -0.4 is 14.7 Å². The fourth-order valence-corrected chi connectivity index (χ4v) is 24.6. The minimum atomic E-state index is -0.235. The third-order valence-electron chi connectivity index (χ3n) is 30.7. The summed E-state index contributed by atoms with van der Waals surface area (Å²) in [5, 5.41) is 13.1. The van der Waals surface area contributed by atoms with Gasteiger partial charge in [-0.2, -0.15) is 0 Å². The molecule has 654 valence electrons. The molecule has 0 N–H and O–H groups in total. The Labute approximate surface area is 801 Å². The first-order chi connectivity index (χ1) is 68.3. The van der Waals surface area contributed by atoms with E-state index in [-0.39, 0.29) is 16.2 Å². The van der Waals surface area contributed by atoms with Crippen LogP contribution >= 0.6 is 0 Å². The Morgan fingerprint density at radius 3 is 0.971 bits per heavy atom. The van der Waals surface area contributed by atoms with Gasteiger partial charge in [0.05, 0.1) is 117 Å². The van der Waals surface area contributed by atoms with Gasteiger partial charge in [0.15, 0.2) is 0 Å². The van der Waals surface area contributed by atoms with Gasteiger partial charge in [0.1, 0.15) is 0 Å². The fraction of sp³-hybridized carbons (Fsp3) is 0.0709. The molecule has 0 saturated carbocycles. The summed E-state index contributed by atoms with van der Waals surface area (Å²) in [6, 6.07) is 148. The van der Waals surface area contributed by atoms with Gasteiger partial charge in [-0.3, -0.25) is 13.7 Å². The lowest BCUT2D eigenvalue weighted by Gasteiger charge is -2.32. The van der Waals surface area contributed by atoms with Crippen LogP contribution in [0.15, 0.2) is 413 Å². The lowest BCUT2D eigenvalue weighted by Crippen LogP contribution is -2.18. The molecule has 3 aliphatic carbocycles. The highest BCUT2D eigenvalue weighted by Gasteiger charge is 2.44. The summed E-state index contributed by atoms with van der Waals surface area (Å²) in [7, 11) is 0. The molecule has 0 fully saturated rings. The van der Waals surface area contributed by atoms with E-state index in [9.17, 15) is 0 Å². The summed E-state index contributed by atoms with van der Waals surface area (Å²) in [5.41, 5.74) is 41.4. The summed E-state index contributed by atoms with van der Waals surface area (Å²) >= 11 is 0. The van der Waals surface area contributed by atoms with E-state index in [2.05, 4.69) is 482 Å². The van der Waals surface area contributed by atoms with Crippen molar-refractivity contribution in [1.29, 1.82) is 0 Å². The second-order valence-corrected chi connectivity index (χ2v) is 39.1. The first kappa shape index (κ1) is 78.7. The quantitative estimate of drug-likeness (QED) is 0.161. The molecule has 0 unspecified atom stereocenters. The molecule has 19 aromatic carbocycles. The number of nitrogens with zero attached hydrogens (tertiary/aromatic N) is 12. The van der Waals surface area contributed by atoms with E-state index >= 15 is 0 Å². The first-order valence-electron chi connectivity index (χ1n) is 48.0. The van der Waals surface area contributed by atoms with E-state index in [1.54, 1.807) is 0 Å². The number of anilines is 9. The standard InChI is InChI=1S/C45H30N4.2C41H28N4/c1-45(2)33-22-11-8-19-30(33)38-28-17-6-7-18-29(28)39-31-20-9-12-24-35(31)49(43(39)41(38)45)44-46-34-23-14-26-37-40(34)42(47-44)32-21-10-13-25-36(32)48(37)27-15-4-3-5-16-27;1-41(2)31-18-9-6-15-26(31)29-24-37-30(23-32(29)41)27-16-7-10-20-34(27)45(37)40-42-33-19-12-22-36-38(33)39(43-40)28-17-8-11-21-35(28)44(36)25-13-4-3-5-14-25;1-41(2)31-18-9-6-15-26(31)29-23-30-27-16-7-10-20-34(27)45(37(30)24-32(29)41)40-42-33-19-12-22-36-38(33)39(43-40)28-17-8-11-21-35(28)44(36)25-13-4-3-5-14-25/h3-26H,1-2H3;2*3-24H,1-2H3. The molecule has 0 saturated heterocycles. The van der Waals surface area contributed by atoms with Gasteiger partial charge >= 0.3 is 0 Å². The van der Waals surface area contributed by atoms with Gasteiger partial charge in [-0.1, -0.05) is 321 Å². The molecule has 0 atom stereocenters. The van der Waals surface area contributed by atoms with Crippen molar-refractivity contribution in [3.63, 3.8) is 0 Å². The molecule has 9 heterocycles. The molecule has 0 bridgehead atoms. The van der Waals surface area contributed by atoms with Crippen LogP contribution in [0.25, 0.3) is 194 Å². The van der Waals surface area contributed by atoms with Crippen molar-refractivity contribution in [3.05, 3.63) is 446 Å². The lowest BCUT2D eigenvalue weighted by molar-refractivity contribution is 0.661. The molecule has 139 heavy (non-hydrogen) atoms. The van der Waals surface area contributed by atoms with Gasteiger partial charge in [-0.25, -0.2) is 29.9 Å². The maximum Gasteiger partial charge on any atom is 0.235 e. The third-order valence-corrected chi connectivity index (χ3v) is 30.7. The van der Waals surface area contributed by atoms with E-state index in [0.29, 0.717) is 17.8 Å². The zero-order valence-electron chi connectivity index (χ0n) is 77.1. The average Bonchev–Trinajstić information content (AvgIpc) is 1.61. The maximum absolute atomic E-state index is 5.57. The highest BCUT2D eigenvalue weighted by Crippen LogP contribution is 2.61. The van der Waals surface area contributed by atoms with Crippen LogP contribution in [-0.4, -0.2) is 43.6 Å². The van der Waals surface area contributed by atoms with Crippen LogP contribution in [0.5, 0.6) is 0 Å². The number of para-hydroxylation sites is 9. The topological polar surface area (TPSA) is 102 Å². The van der Waals surface area contributed by atoms with Crippen LogP contribution in [0, 0.1) is 0 Å². The molecule has 6 aliphatic rings. The average molecular weight is 1780 g/mol. The molecule has 3 aliphatic heterocycles. The van der Waals surface area contributed by atoms with Crippen LogP contribution in [0.3, 0.4) is 0 Å². The number of hydrogen-bond acceptors (Lipinski definition) is 9. The Hall–Kier alpha value is -17.7. The van der Waals surface area contributed by atoms with Gasteiger partial charge in [0.25, 0.3) is 0 Å². The minimum absolute atomic E-state index is 0.0717. The van der Waals surface area contributed by atoms with Crippen molar-refractivity contribution < 1.29 is 0 Å². The zero-order valence-corrected chi connectivity index (χ0v) is 77.1. The molecule has 25 aromatic rings. The van der Waals surface area contributed by atoms with E-state index < -0.39 is 0 Å². The van der Waals surface area contributed by atoms with Gasteiger partial charge in [0, 0.05) is 82.3 Å². The highest BCUT2D eigenvalue weighted by molar-refractivity contribution is 6.28. The maximum atomic E-state index is 5.57. The summed E-state index contributed by atoms with van der Waals surface area (Å²) in [6.07, 6.45) is 0. The van der Waals surface area contributed by atoms with Crippen LogP contribution in [0.2, 0.25) is 0 Å². The second-order valence-electron chi connectivity index (χ2n) is 39.1. The molecular formula is C127H86N12. The monoisotopic (exact) mass is 1780 g/mol. The van der Waals surface area contributed by atoms with Gasteiger partial charge in [-0.15, -0.1) is 0 Å². The van der Waals surface area contributed by atoms with Crippen molar-refractivity contribution in [1.82, 2.24) is 43.6 Å². The predicted molar refractivity (Wildman–Crippen MR) is 573 cm³/mol. The number of benzene rings is 19. The SMILES string of the molecule is CC1(C)c2ccccc2-c2c1c1c(c3ccccc23)c2ccccc2n1-c1nc2c3c(cccc3n1)N(c1ccccc1)c1ccccc1-2.CC1(C)c2ccccc2-c2cc3c(cc21)c1ccccc1n3-c1nc2c3c(cccc3n1)N(c1ccccc1)c1ccccc1-2.CC1(C)c2ccccc2-c2cc3c4ccccc4n(-c4nc5c6c(cccc6n4)N(c4ccccc4)c4ccccc4-5)c3cc21. The molecule has 0 radical (unpaired) electrons. The molecule has 12 nitrogen and oxygen atoms in total. The Morgan fingerprint density at radius 2 is 0.518 bits per heavy atom. The van der Waals surface area contributed by atoms with E-state index in [0.717, 1.165) is 145 Å². The van der Waals surface area contributed by atoms with Crippen molar-refractivity contribution in [2.75, 3.05) is 14.7 Å². The first-order valence-corrected chi connectivity index (χ1v) is 48.0. The van der Waals surface area contributed by atoms with Crippen LogP contribution in [0.4, 0.5) is 51.2 Å². The molecular weight excluding hydrogens is 1690 g/mol. The minimum Gasteiger partial charge on any atom is -0.309 e. The van der Waals surface area contributed by atoms with Crippen molar-refractivity contribution >= 4 is 160 Å². The summed E-state index contributed by atoms with van der Waals surface area (Å²) in [4.78, 5) is 39.5. The number of hydrogen-bond donors (Lipinski definition) is 0. The Balaban J connectivity index is 0.000000100.